The predicted octanol–water partition coefficient (Wildman–Crippen LogP) is 3.39. The molecule has 4 heteroatoms. The van der Waals surface area contributed by atoms with E-state index in [0.29, 0.717) is 24.0 Å². The first-order valence-corrected chi connectivity index (χ1v) is 6.00. The highest BCUT2D eigenvalue weighted by Crippen LogP contribution is 2.24. The van der Waals surface area contributed by atoms with Crippen LogP contribution in [0.2, 0.25) is 5.02 Å². The first-order chi connectivity index (χ1) is 7.99. The van der Waals surface area contributed by atoms with Gasteiger partial charge in [0.05, 0.1) is 6.61 Å². The Bertz CT molecular complexity index is 388. The maximum atomic E-state index is 10.5. The van der Waals surface area contributed by atoms with E-state index in [0.717, 1.165) is 11.3 Å². The van der Waals surface area contributed by atoms with Crippen molar-refractivity contribution in [3.8, 4) is 5.75 Å². The normalized spacial score (nSPS) is 10.6. The summed E-state index contributed by atoms with van der Waals surface area (Å²) < 4.78 is 5.53. The summed E-state index contributed by atoms with van der Waals surface area (Å²) >= 11 is 6.06. The Kier molecular flexibility index (Phi) is 5.29. The number of carbonyl (C=O) groups is 1. The third-order valence-corrected chi connectivity index (χ3v) is 2.57. The fourth-order valence-electron chi connectivity index (χ4n) is 1.33. The lowest BCUT2D eigenvalue weighted by Gasteiger charge is -2.10. The third kappa shape index (κ3) is 5.09. The maximum absolute atomic E-state index is 10.5. The van der Waals surface area contributed by atoms with Crippen LogP contribution >= 0.6 is 11.6 Å². The molecule has 0 atom stereocenters. The highest BCUT2D eigenvalue weighted by molar-refractivity contribution is 6.31. The predicted molar refractivity (Wildman–Crippen MR) is 67.7 cm³/mol. The van der Waals surface area contributed by atoms with Crippen molar-refractivity contribution < 1.29 is 14.6 Å². The van der Waals surface area contributed by atoms with E-state index < -0.39 is 5.97 Å². The molecule has 1 aromatic carbocycles. The van der Waals surface area contributed by atoms with E-state index in [9.17, 15) is 4.79 Å². The minimum atomic E-state index is -0.818. The lowest BCUT2D eigenvalue weighted by molar-refractivity contribution is -0.136. The van der Waals surface area contributed by atoms with E-state index in [1.165, 1.54) is 0 Å². The van der Waals surface area contributed by atoms with Crippen molar-refractivity contribution in [2.75, 3.05) is 6.61 Å². The summed E-state index contributed by atoms with van der Waals surface area (Å²) in [5.74, 6) is 0.365. The number of ether oxygens (including phenoxy) is 1. The first kappa shape index (κ1) is 13.8. The Morgan fingerprint density at radius 2 is 2.18 bits per heavy atom. The minimum Gasteiger partial charge on any atom is -0.493 e. The van der Waals surface area contributed by atoms with Crippen LogP contribution in [0.5, 0.6) is 5.75 Å². The highest BCUT2D eigenvalue weighted by Gasteiger charge is 2.05. The van der Waals surface area contributed by atoms with Crippen LogP contribution in [0.15, 0.2) is 18.2 Å². The summed E-state index contributed by atoms with van der Waals surface area (Å²) in [7, 11) is 0. The SMILES string of the molecule is CC(C)COc1ccc(CCC(=O)O)c(Cl)c1. The Morgan fingerprint density at radius 1 is 1.47 bits per heavy atom. The average molecular weight is 257 g/mol. The second-order valence-corrected chi connectivity index (χ2v) is 4.76. The zero-order valence-electron chi connectivity index (χ0n) is 10.1. The van der Waals surface area contributed by atoms with Gasteiger partial charge in [-0.25, -0.2) is 0 Å². The average Bonchev–Trinajstić information content (AvgIpc) is 2.24. The molecule has 0 aliphatic carbocycles. The van der Waals surface area contributed by atoms with Crippen LogP contribution in [0, 0.1) is 5.92 Å². The van der Waals surface area contributed by atoms with Crippen molar-refractivity contribution in [3.05, 3.63) is 28.8 Å². The molecule has 0 aliphatic rings. The van der Waals surface area contributed by atoms with Crippen LogP contribution in [0.1, 0.15) is 25.8 Å². The molecule has 0 spiro atoms. The molecule has 0 fully saturated rings. The van der Waals surface area contributed by atoms with Crippen LogP contribution in [-0.4, -0.2) is 17.7 Å². The van der Waals surface area contributed by atoms with Crippen LogP contribution < -0.4 is 4.74 Å². The van der Waals surface area contributed by atoms with E-state index in [1.807, 2.05) is 12.1 Å². The fourth-order valence-corrected chi connectivity index (χ4v) is 1.59. The molecule has 0 amide bonds. The van der Waals surface area contributed by atoms with Crippen LogP contribution in [0.3, 0.4) is 0 Å². The standard InChI is InChI=1S/C13H17ClO3/c1-9(2)8-17-11-5-3-10(12(14)7-11)4-6-13(15)16/h3,5,7,9H,4,6,8H2,1-2H3,(H,15,16). The summed E-state index contributed by atoms with van der Waals surface area (Å²) in [6, 6.07) is 5.38. The number of hydrogen-bond acceptors (Lipinski definition) is 2. The molecular formula is C13H17ClO3. The molecule has 0 bridgehead atoms. The van der Waals surface area contributed by atoms with Gasteiger partial charge in [0.15, 0.2) is 0 Å². The smallest absolute Gasteiger partial charge is 0.303 e. The molecule has 0 unspecified atom stereocenters. The number of hydrogen-bond donors (Lipinski definition) is 1. The molecule has 17 heavy (non-hydrogen) atoms. The maximum Gasteiger partial charge on any atom is 0.303 e. The number of aryl methyl sites for hydroxylation is 1. The van der Waals surface area contributed by atoms with Crippen LogP contribution in [0.25, 0.3) is 0 Å². The van der Waals surface area contributed by atoms with E-state index in [4.69, 9.17) is 21.4 Å². The molecule has 0 saturated carbocycles. The molecule has 1 rings (SSSR count). The topological polar surface area (TPSA) is 46.5 Å². The monoisotopic (exact) mass is 256 g/mol. The Balaban J connectivity index is 2.62. The van der Waals surface area contributed by atoms with Crippen molar-refractivity contribution in [1.82, 2.24) is 0 Å². The lowest BCUT2D eigenvalue weighted by Crippen LogP contribution is -2.04. The molecule has 1 aromatic rings. The summed E-state index contributed by atoms with van der Waals surface area (Å²) in [6.07, 6.45) is 0.532. The number of carboxylic acid groups (broad SMARTS) is 1. The second-order valence-electron chi connectivity index (χ2n) is 4.35. The van der Waals surface area contributed by atoms with Gasteiger partial charge in [-0.3, -0.25) is 4.79 Å². The van der Waals surface area contributed by atoms with E-state index in [-0.39, 0.29) is 6.42 Å². The summed E-state index contributed by atoms with van der Waals surface area (Å²) in [6.45, 7) is 4.79. The lowest BCUT2D eigenvalue weighted by atomic mass is 10.1. The first-order valence-electron chi connectivity index (χ1n) is 5.62. The molecule has 0 aromatic heterocycles. The van der Waals surface area contributed by atoms with Crippen LogP contribution in [0.4, 0.5) is 0 Å². The summed E-state index contributed by atoms with van der Waals surface area (Å²) in [5.41, 5.74) is 0.839. The number of halogens is 1. The van der Waals surface area contributed by atoms with Crippen LogP contribution in [-0.2, 0) is 11.2 Å². The van der Waals surface area contributed by atoms with Crippen molar-refractivity contribution in [2.45, 2.75) is 26.7 Å². The van der Waals surface area contributed by atoms with E-state index >= 15 is 0 Å². The number of benzene rings is 1. The number of rotatable bonds is 6. The van der Waals surface area contributed by atoms with Gasteiger partial charge in [0.25, 0.3) is 0 Å². The highest BCUT2D eigenvalue weighted by atomic mass is 35.5. The van der Waals surface area contributed by atoms with Gasteiger partial charge in [-0.15, -0.1) is 0 Å². The molecule has 0 saturated heterocycles. The van der Waals surface area contributed by atoms with Gasteiger partial charge in [-0.05, 0) is 30.0 Å². The molecule has 94 valence electrons. The molecule has 0 heterocycles. The van der Waals surface area contributed by atoms with Gasteiger partial charge < -0.3 is 9.84 Å². The van der Waals surface area contributed by atoms with Crippen molar-refractivity contribution in [1.29, 1.82) is 0 Å². The molecule has 3 nitrogen and oxygen atoms in total. The molecule has 1 N–H and O–H groups in total. The fraction of sp³-hybridized carbons (Fsp3) is 0.462. The summed E-state index contributed by atoms with van der Waals surface area (Å²) in [5, 5.41) is 9.16. The van der Waals surface area contributed by atoms with E-state index in [2.05, 4.69) is 13.8 Å². The molecular weight excluding hydrogens is 240 g/mol. The Morgan fingerprint density at radius 3 is 2.71 bits per heavy atom. The second kappa shape index (κ2) is 6.50. The quantitative estimate of drug-likeness (QED) is 0.849. The van der Waals surface area contributed by atoms with Crippen molar-refractivity contribution >= 4 is 17.6 Å². The Labute approximate surface area is 106 Å². The van der Waals surface area contributed by atoms with Crippen molar-refractivity contribution in [2.24, 2.45) is 5.92 Å². The van der Waals surface area contributed by atoms with Gasteiger partial charge in [0.1, 0.15) is 5.75 Å². The van der Waals surface area contributed by atoms with Gasteiger partial charge in [-0.2, -0.15) is 0 Å². The molecule has 0 aliphatic heterocycles. The zero-order chi connectivity index (χ0) is 12.8. The van der Waals surface area contributed by atoms with Gasteiger partial charge in [-0.1, -0.05) is 31.5 Å². The largest absolute Gasteiger partial charge is 0.493 e. The van der Waals surface area contributed by atoms with Gasteiger partial charge in [0, 0.05) is 11.4 Å². The summed E-state index contributed by atoms with van der Waals surface area (Å²) in [4.78, 5) is 10.5. The van der Waals surface area contributed by atoms with E-state index in [1.54, 1.807) is 6.07 Å². The van der Waals surface area contributed by atoms with Crippen molar-refractivity contribution in [3.63, 3.8) is 0 Å². The third-order valence-electron chi connectivity index (χ3n) is 2.22. The van der Waals surface area contributed by atoms with Gasteiger partial charge >= 0.3 is 5.97 Å². The molecule has 0 radical (unpaired) electrons. The number of aliphatic carboxylic acids is 1. The Hall–Kier alpha value is -1.22. The zero-order valence-corrected chi connectivity index (χ0v) is 10.8. The minimum absolute atomic E-state index is 0.0892. The number of carboxylic acids is 1. The van der Waals surface area contributed by atoms with Gasteiger partial charge in [0.2, 0.25) is 0 Å².